The number of rotatable bonds is 5. The molecule has 0 aliphatic rings. The van der Waals surface area contributed by atoms with Crippen molar-refractivity contribution in [3.05, 3.63) is 35.4 Å². The summed E-state index contributed by atoms with van der Waals surface area (Å²) in [5, 5.41) is 0. The molecule has 0 aliphatic heterocycles. The third-order valence-corrected chi connectivity index (χ3v) is 3.53. The predicted molar refractivity (Wildman–Crippen MR) is 61.3 cm³/mol. The lowest BCUT2D eigenvalue weighted by atomic mass is 10.1. The Hall–Kier alpha value is -1.24. The van der Waals surface area contributed by atoms with Crippen LogP contribution in [0.25, 0.3) is 0 Å². The molecule has 5 nitrogen and oxygen atoms in total. The Bertz CT molecular complexity index is 451. The SMILES string of the molecule is CN(C)S(=O)(=O)NCc1ccc(C=O)cc1. The summed E-state index contributed by atoms with van der Waals surface area (Å²) >= 11 is 0. The van der Waals surface area contributed by atoms with Gasteiger partial charge in [-0.2, -0.15) is 17.4 Å². The minimum absolute atomic E-state index is 0.208. The second-order valence-corrected chi connectivity index (χ2v) is 5.44. The molecule has 1 aromatic rings. The van der Waals surface area contributed by atoms with E-state index in [9.17, 15) is 13.2 Å². The summed E-state index contributed by atoms with van der Waals surface area (Å²) < 4.78 is 26.3. The van der Waals surface area contributed by atoms with Crippen LogP contribution in [0.2, 0.25) is 0 Å². The summed E-state index contributed by atoms with van der Waals surface area (Å²) in [6, 6.07) is 6.71. The van der Waals surface area contributed by atoms with E-state index in [-0.39, 0.29) is 6.54 Å². The Balaban J connectivity index is 2.65. The molecular weight excluding hydrogens is 228 g/mol. The smallest absolute Gasteiger partial charge is 0.279 e. The third kappa shape index (κ3) is 3.41. The molecule has 88 valence electrons. The van der Waals surface area contributed by atoms with Gasteiger partial charge in [0.15, 0.2) is 0 Å². The van der Waals surface area contributed by atoms with Crippen molar-refractivity contribution in [2.45, 2.75) is 6.54 Å². The Morgan fingerprint density at radius 1 is 1.25 bits per heavy atom. The number of carbonyl (C=O) groups is 1. The first-order valence-electron chi connectivity index (χ1n) is 4.67. The van der Waals surface area contributed by atoms with Crippen LogP contribution in [0.15, 0.2) is 24.3 Å². The van der Waals surface area contributed by atoms with Crippen molar-refractivity contribution >= 4 is 16.5 Å². The molecular formula is C10H14N2O3S. The average molecular weight is 242 g/mol. The van der Waals surface area contributed by atoms with Gasteiger partial charge in [-0.25, -0.2) is 0 Å². The number of aldehydes is 1. The largest absolute Gasteiger partial charge is 0.298 e. The van der Waals surface area contributed by atoms with E-state index in [4.69, 9.17) is 0 Å². The Labute approximate surface area is 95.3 Å². The molecule has 1 N–H and O–H groups in total. The zero-order valence-electron chi connectivity index (χ0n) is 9.17. The van der Waals surface area contributed by atoms with Gasteiger partial charge in [0.05, 0.1) is 0 Å². The van der Waals surface area contributed by atoms with E-state index in [0.717, 1.165) is 16.2 Å². The van der Waals surface area contributed by atoms with Gasteiger partial charge in [0.25, 0.3) is 10.2 Å². The van der Waals surface area contributed by atoms with Crippen LogP contribution in [-0.4, -0.2) is 33.1 Å². The highest BCUT2D eigenvalue weighted by Crippen LogP contribution is 2.03. The molecule has 0 atom stereocenters. The van der Waals surface area contributed by atoms with Crippen molar-refractivity contribution < 1.29 is 13.2 Å². The summed E-state index contributed by atoms with van der Waals surface area (Å²) in [6.45, 7) is 0.208. The summed E-state index contributed by atoms with van der Waals surface area (Å²) in [5.41, 5.74) is 1.37. The number of hydrogen-bond donors (Lipinski definition) is 1. The lowest BCUT2D eigenvalue weighted by molar-refractivity contribution is 0.112. The molecule has 0 amide bonds. The fourth-order valence-electron chi connectivity index (χ4n) is 1.02. The maximum atomic E-state index is 11.4. The van der Waals surface area contributed by atoms with Gasteiger partial charge in [-0.05, 0) is 5.56 Å². The van der Waals surface area contributed by atoms with E-state index in [2.05, 4.69) is 4.72 Å². The maximum Gasteiger partial charge on any atom is 0.279 e. The lowest BCUT2D eigenvalue weighted by Gasteiger charge is -2.12. The molecule has 0 bridgehead atoms. The van der Waals surface area contributed by atoms with E-state index in [1.165, 1.54) is 14.1 Å². The first-order chi connectivity index (χ1) is 7.45. The monoisotopic (exact) mass is 242 g/mol. The zero-order valence-corrected chi connectivity index (χ0v) is 9.99. The fraction of sp³-hybridized carbons (Fsp3) is 0.300. The molecule has 0 fully saturated rings. The minimum Gasteiger partial charge on any atom is -0.298 e. The number of nitrogens with zero attached hydrogens (tertiary/aromatic N) is 1. The van der Waals surface area contributed by atoms with Gasteiger partial charge >= 0.3 is 0 Å². The fourth-order valence-corrected chi connectivity index (χ4v) is 1.62. The highest BCUT2D eigenvalue weighted by atomic mass is 32.2. The van der Waals surface area contributed by atoms with Crippen molar-refractivity contribution in [2.24, 2.45) is 0 Å². The molecule has 0 radical (unpaired) electrons. The normalized spacial score (nSPS) is 11.7. The number of hydrogen-bond acceptors (Lipinski definition) is 3. The first-order valence-corrected chi connectivity index (χ1v) is 6.11. The highest BCUT2D eigenvalue weighted by Gasteiger charge is 2.11. The molecule has 16 heavy (non-hydrogen) atoms. The second-order valence-electron chi connectivity index (χ2n) is 3.47. The first kappa shape index (κ1) is 12.8. The van der Waals surface area contributed by atoms with Crippen LogP contribution < -0.4 is 4.72 Å². The zero-order chi connectivity index (χ0) is 12.2. The maximum absolute atomic E-state index is 11.4. The molecule has 6 heteroatoms. The van der Waals surface area contributed by atoms with Crippen molar-refractivity contribution in [3.63, 3.8) is 0 Å². The molecule has 0 heterocycles. The molecule has 0 aromatic heterocycles. The van der Waals surface area contributed by atoms with Gasteiger partial charge in [-0.15, -0.1) is 0 Å². The van der Waals surface area contributed by atoms with Crippen LogP contribution in [0.5, 0.6) is 0 Å². The quantitative estimate of drug-likeness (QED) is 0.760. The van der Waals surface area contributed by atoms with E-state index in [0.29, 0.717) is 5.56 Å². The number of benzene rings is 1. The lowest BCUT2D eigenvalue weighted by Crippen LogP contribution is -2.35. The second kappa shape index (κ2) is 5.20. The Morgan fingerprint density at radius 2 is 1.81 bits per heavy atom. The Morgan fingerprint density at radius 3 is 2.25 bits per heavy atom. The molecule has 0 unspecified atom stereocenters. The third-order valence-electron chi connectivity index (χ3n) is 2.06. The van der Waals surface area contributed by atoms with E-state index >= 15 is 0 Å². The predicted octanol–water partition coefficient (Wildman–Crippen LogP) is 0.395. The summed E-state index contributed by atoms with van der Waals surface area (Å²) in [7, 11) is -0.486. The topological polar surface area (TPSA) is 66.5 Å². The number of nitrogens with one attached hydrogen (secondary N) is 1. The van der Waals surface area contributed by atoms with Crippen LogP contribution >= 0.6 is 0 Å². The average Bonchev–Trinajstić information content (AvgIpc) is 2.27. The number of carbonyl (C=O) groups excluding carboxylic acids is 1. The summed E-state index contributed by atoms with van der Waals surface area (Å²) in [5.74, 6) is 0. The molecule has 1 rings (SSSR count). The van der Waals surface area contributed by atoms with Gasteiger partial charge in [0.1, 0.15) is 6.29 Å². The van der Waals surface area contributed by atoms with Gasteiger partial charge in [-0.3, -0.25) is 4.79 Å². The van der Waals surface area contributed by atoms with Crippen molar-refractivity contribution in [2.75, 3.05) is 14.1 Å². The van der Waals surface area contributed by atoms with Crippen LogP contribution in [0.3, 0.4) is 0 Å². The van der Waals surface area contributed by atoms with Crippen molar-refractivity contribution in [3.8, 4) is 0 Å². The van der Waals surface area contributed by atoms with Gasteiger partial charge < -0.3 is 0 Å². The van der Waals surface area contributed by atoms with E-state index in [1.807, 2.05) is 0 Å². The van der Waals surface area contributed by atoms with Gasteiger partial charge in [0.2, 0.25) is 0 Å². The molecule has 0 spiro atoms. The molecule has 0 aliphatic carbocycles. The van der Waals surface area contributed by atoms with Gasteiger partial charge in [0, 0.05) is 26.2 Å². The molecule has 0 saturated heterocycles. The van der Waals surface area contributed by atoms with E-state index < -0.39 is 10.2 Å². The van der Waals surface area contributed by atoms with E-state index in [1.54, 1.807) is 24.3 Å². The van der Waals surface area contributed by atoms with Crippen molar-refractivity contribution in [1.29, 1.82) is 0 Å². The molecule has 1 aromatic carbocycles. The summed E-state index contributed by atoms with van der Waals surface area (Å²) in [6.07, 6.45) is 0.744. The highest BCUT2D eigenvalue weighted by molar-refractivity contribution is 7.87. The molecule has 0 saturated carbocycles. The van der Waals surface area contributed by atoms with Crippen LogP contribution in [0.1, 0.15) is 15.9 Å². The van der Waals surface area contributed by atoms with Crippen LogP contribution in [0, 0.1) is 0 Å². The van der Waals surface area contributed by atoms with Crippen LogP contribution in [-0.2, 0) is 16.8 Å². The van der Waals surface area contributed by atoms with Crippen molar-refractivity contribution in [1.82, 2.24) is 9.03 Å². The minimum atomic E-state index is -3.40. The standard InChI is InChI=1S/C10H14N2O3S/c1-12(2)16(14,15)11-7-9-3-5-10(8-13)6-4-9/h3-6,8,11H,7H2,1-2H3. The Kier molecular flexibility index (Phi) is 4.17. The van der Waals surface area contributed by atoms with Gasteiger partial charge in [-0.1, -0.05) is 24.3 Å². The van der Waals surface area contributed by atoms with Crippen LogP contribution in [0.4, 0.5) is 0 Å². The summed E-state index contributed by atoms with van der Waals surface area (Å²) in [4.78, 5) is 10.4.